The van der Waals surface area contributed by atoms with Gasteiger partial charge in [0.2, 0.25) is 5.91 Å². The van der Waals surface area contributed by atoms with Crippen molar-refractivity contribution in [2.24, 2.45) is 0 Å². The van der Waals surface area contributed by atoms with Crippen molar-refractivity contribution >= 4 is 27.9 Å². The number of amides is 1. The summed E-state index contributed by atoms with van der Waals surface area (Å²) in [5.41, 5.74) is 1.59. The van der Waals surface area contributed by atoms with E-state index in [4.69, 9.17) is 25.0 Å². The maximum absolute atomic E-state index is 12.2. The molecule has 148 valence electrons. The Kier molecular flexibility index (Phi) is 7.88. The van der Waals surface area contributed by atoms with Gasteiger partial charge >= 0.3 is 0 Å². The molecule has 0 aliphatic rings. The number of methoxy groups -OCH3 is 3. The molecule has 0 aliphatic carbocycles. The average Bonchev–Trinajstić information content (AvgIpc) is 2.67. The zero-order chi connectivity index (χ0) is 20.5. The molecule has 0 aromatic heterocycles. The number of carbonyl (C=O) groups is 1. The Bertz CT molecular complexity index is 870. The second-order valence-electron chi connectivity index (χ2n) is 5.76. The Labute approximate surface area is 168 Å². The van der Waals surface area contributed by atoms with Gasteiger partial charge in [-0.3, -0.25) is 15.6 Å². The number of amidine groups is 1. The molecule has 2 aromatic carbocycles. The second kappa shape index (κ2) is 10.4. The van der Waals surface area contributed by atoms with Crippen molar-refractivity contribution in [3.05, 3.63) is 53.6 Å². The zero-order valence-corrected chi connectivity index (χ0v) is 16.8. The summed E-state index contributed by atoms with van der Waals surface area (Å²) >= 11 is 0.898. The van der Waals surface area contributed by atoms with Gasteiger partial charge in [0.15, 0.2) is 16.7 Å². The van der Waals surface area contributed by atoms with Gasteiger partial charge in [0.1, 0.15) is 5.75 Å². The molecule has 2 rings (SSSR count). The highest BCUT2D eigenvalue weighted by molar-refractivity contribution is 8.26. The lowest BCUT2D eigenvalue weighted by Gasteiger charge is -2.11. The highest BCUT2D eigenvalue weighted by Gasteiger charge is 2.13. The maximum Gasteiger partial charge on any atom is 0.230 e. The molecule has 0 aliphatic heterocycles. The van der Waals surface area contributed by atoms with Gasteiger partial charge < -0.3 is 19.5 Å². The molecule has 0 saturated heterocycles. The Hall–Kier alpha value is -3.00. The highest BCUT2D eigenvalue weighted by Crippen LogP contribution is 2.28. The number of thioether (sulfide) groups is 1. The number of ether oxygens (including phenoxy) is 3. The van der Waals surface area contributed by atoms with Crippen molar-refractivity contribution in [2.75, 3.05) is 21.3 Å². The van der Waals surface area contributed by atoms with Crippen LogP contribution in [0, 0.1) is 10.8 Å². The normalized spacial score (nSPS) is 10.1. The molecule has 0 heterocycles. The SMILES string of the molecule is COc1ccccc1CC(=O)NC(=N)SC(=N)Cc1ccc(OC)c(OC)c1. The minimum absolute atomic E-state index is 0.0922. The predicted molar refractivity (Wildman–Crippen MR) is 111 cm³/mol. The number of rotatable bonds is 7. The quantitative estimate of drug-likeness (QED) is 0.488. The molecule has 7 nitrogen and oxygen atoms in total. The Morgan fingerprint density at radius 1 is 0.929 bits per heavy atom. The molecule has 1 amide bonds. The Morgan fingerprint density at radius 3 is 2.29 bits per heavy atom. The third kappa shape index (κ3) is 6.02. The van der Waals surface area contributed by atoms with Gasteiger partial charge in [0, 0.05) is 12.0 Å². The van der Waals surface area contributed by atoms with E-state index in [0.29, 0.717) is 23.7 Å². The smallest absolute Gasteiger partial charge is 0.230 e. The lowest BCUT2D eigenvalue weighted by atomic mass is 10.1. The number of carbonyl (C=O) groups excluding carboxylic acids is 1. The molecular formula is C20H23N3O4S. The van der Waals surface area contributed by atoms with Gasteiger partial charge in [0.05, 0.1) is 32.8 Å². The number of benzene rings is 2. The molecule has 0 radical (unpaired) electrons. The first-order chi connectivity index (χ1) is 13.5. The van der Waals surface area contributed by atoms with Crippen LogP contribution in [0.15, 0.2) is 42.5 Å². The minimum atomic E-state index is -0.332. The van der Waals surface area contributed by atoms with Gasteiger partial charge in [-0.1, -0.05) is 24.3 Å². The van der Waals surface area contributed by atoms with Crippen LogP contribution < -0.4 is 19.5 Å². The lowest BCUT2D eigenvalue weighted by Crippen LogP contribution is -2.30. The van der Waals surface area contributed by atoms with Gasteiger partial charge in [0.25, 0.3) is 0 Å². The van der Waals surface area contributed by atoms with Crippen LogP contribution in [-0.2, 0) is 17.6 Å². The van der Waals surface area contributed by atoms with E-state index in [0.717, 1.165) is 22.9 Å². The molecule has 0 fully saturated rings. The van der Waals surface area contributed by atoms with Crippen LogP contribution in [0.4, 0.5) is 0 Å². The Morgan fingerprint density at radius 2 is 1.61 bits per heavy atom. The van der Waals surface area contributed by atoms with Crippen molar-refractivity contribution in [2.45, 2.75) is 12.8 Å². The van der Waals surface area contributed by atoms with Crippen LogP contribution in [0.25, 0.3) is 0 Å². The largest absolute Gasteiger partial charge is 0.496 e. The van der Waals surface area contributed by atoms with Crippen molar-refractivity contribution in [1.82, 2.24) is 5.32 Å². The molecule has 0 atom stereocenters. The summed E-state index contributed by atoms with van der Waals surface area (Å²) < 4.78 is 15.7. The third-order valence-electron chi connectivity index (χ3n) is 3.83. The lowest BCUT2D eigenvalue weighted by molar-refractivity contribution is -0.119. The van der Waals surface area contributed by atoms with E-state index < -0.39 is 0 Å². The minimum Gasteiger partial charge on any atom is -0.496 e. The van der Waals surface area contributed by atoms with E-state index >= 15 is 0 Å². The van der Waals surface area contributed by atoms with Crippen LogP contribution in [0.1, 0.15) is 11.1 Å². The molecule has 0 saturated carbocycles. The number of nitrogens with one attached hydrogen (secondary N) is 3. The molecule has 2 aromatic rings. The van der Waals surface area contributed by atoms with E-state index in [1.165, 1.54) is 0 Å². The van der Waals surface area contributed by atoms with Crippen molar-refractivity contribution in [3.63, 3.8) is 0 Å². The summed E-state index contributed by atoms with van der Waals surface area (Å²) in [4.78, 5) is 12.2. The van der Waals surface area contributed by atoms with E-state index in [1.807, 2.05) is 18.2 Å². The monoisotopic (exact) mass is 401 g/mol. The van der Waals surface area contributed by atoms with Crippen LogP contribution in [0.3, 0.4) is 0 Å². The summed E-state index contributed by atoms with van der Waals surface area (Å²) in [6.07, 6.45) is 0.408. The number of para-hydroxylation sites is 1. The second-order valence-corrected chi connectivity index (χ2v) is 6.86. The fourth-order valence-electron chi connectivity index (χ4n) is 2.55. The van der Waals surface area contributed by atoms with Gasteiger partial charge in [-0.05, 0) is 35.5 Å². The molecule has 0 unspecified atom stereocenters. The zero-order valence-electron chi connectivity index (χ0n) is 16.0. The van der Waals surface area contributed by atoms with E-state index in [9.17, 15) is 4.79 Å². The van der Waals surface area contributed by atoms with E-state index in [2.05, 4.69) is 5.32 Å². The first-order valence-electron chi connectivity index (χ1n) is 8.43. The van der Waals surface area contributed by atoms with Crippen LogP contribution in [0.5, 0.6) is 17.2 Å². The Balaban J connectivity index is 1.88. The van der Waals surface area contributed by atoms with Gasteiger partial charge in [-0.15, -0.1) is 0 Å². The summed E-state index contributed by atoms with van der Waals surface area (Å²) in [6, 6.07) is 12.6. The van der Waals surface area contributed by atoms with Crippen LogP contribution in [-0.4, -0.2) is 37.4 Å². The predicted octanol–water partition coefficient (Wildman–Crippen LogP) is 3.26. The molecular weight excluding hydrogens is 378 g/mol. The van der Waals surface area contributed by atoms with E-state index in [1.54, 1.807) is 45.6 Å². The molecule has 0 spiro atoms. The van der Waals surface area contributed by atoms with Crippen LogP contribution >= 0.6 is 11.8 Å². The summed E-state index contributed by atoms with van der Waals surface area (Å²) in [5.74, 6) is 1.48. The van der Waals surface area contributed by atoms with E-state index in [-0.39, 0.29) is 22.5 Å². The molecule has 3 N–H and O–H groups in total. The standard InChI is InChI=1S/C20H23N3O4S/c1-25-15-7-5-4-6-14(15)12-19(24)23-20(22)28-18(21)11-13-8-9-16(26-2)17(10-13)27-3/h4-10,21H,11-12H2,1-3H3,(H2,22,23,24). The van der Waals surface area contributed by atoms with Gasteiger partial charge in [-0.25, -0.2) is 0 Å². The maximum atomic E-state index is 12.2. The third-order valence-corrected chi connectivity index (χ3v) is 4.53. The molecule has 8 heteroatoms. The summed E-state index contributed by atoms with van der Waals surface area (Å²) in [5, 5.41) is 18.7. The van der Waals surface area contributed by atoms with Crippen LogP contribution in [0.2, 0.25) is 0 Å². The van der Waals surface area contributed by atoms with Crippen molar-refractivity contribution < 1.29 is 19.0 Å². The topological polar surface area (TPSA) is 104 Å². The summed E-state index contributed by atoms with van der Waals surface area (Å²) in [7, 11) is 4.66. The fraction of sp³-hybridized carbons (Fsp3) is 0.250. The fourth-order valence-corrected chi connectivity index (χ4v) is 3.20. The molecule has 0 bridgehead atoms. The van der Waals surface area contributed by atoms with Gasteiger partial charge in [-0.2, -0.15) is 0 Å². The highest BCUT2D eigenvalue weighted by atomic mass is 32.2. The van der Waals surface area contributed by atoms with Crippen molar-refractivity contribution in [1.29, 1.82) is 10.8 Å². The average molecular weight is 401 g/mol. The van der Waals surface area contributed by atoms with Crippen molar-refractivity contribution in [3.8, 4) is 17.2 Å². The first kappa shape index (κ1) is 21.3. The first-order valence-corrected chi connectivity index (χ1v) is 9.25. The number of hydrogen-bond donors (Lipinski definition) is 3. The summed E-state index contributed by atoms with van der Waals surface area (Å²) in [6.45, 7) is 0. The molecule has 28 heavy (non-hydrogen) atoms. The number of hydrogen-bond acceptors (Lipinski definition) is 7.